The van der Waals surface area contributed by atoms with Gasteiger partial charge in [0.2, 0.25) is 0 Å². The Morgan fingerprint density at radius 3 is 2.78 bits per heavy atom. The number of pyridine rings is 1. The molecule has 94 valence electrons. The zero-order chi connectivity index (χ0) is 13.1. The fourth-order valence-corrected chi connectivity index (χ4v) is 2.17. The molecule has 1 aromatic carbocycles. The summed E-state index contributed by atoms with van der Waals surface area (Å²) in [6.45, 7) is 1.91. The first-order valence-electron chi connectivity index (χ1n) is 5.68. The highest BCUT2D eigenvalue weighted by atomic mass is 79.9. The monoisotopic (exact) mass is 308 g/mol. The summed E-state index contributed by atoms with van der Waals surface area (Å²) in [5, 5.41) is 0. The van der Waals surface area contributed by atoms with Crippen LogP contribution in [0.1, 0.15) is 22.9 Å². The SMILES string of the molecule is Cc1cc(C(N)Cc2ccc(Br)cc2F)ccn1. The summed E-state index contributed by atoms with van der Waals surface area (Å²) in [7, 11) is 0. The molecule has 0 amide bonds. The first kappa shape index (κ1) is 13.2. The van der Waals surface area contributed by atoms with Crippen LogP contribution in [0.2, 0.25) is 0 Å². The molecule has 0 spiro atoms. The van der Waals surface area contributed by atoms with Crippen LogP contribution >= 0.6 is 15.9 Å². The highest BCUT2D eigenvalue weighted by Crippen LogP contribution is 2.21. The van der Waals surface area contributed by atoms with Gasteiger partial charge in [-0.1, -0.05) is 22.0 Å². The van der Waals surface area contributed by atoms with Gasteiger partial charge in [0.1, 0.15) is 5.82 Å². The number of aromatic nitrogens is 1. The third-order valence-electron chi connectivity index (χ3n) is 2.80. The maximum atomic E-state index is 13.7. The Kier molecular flexibility index (Phi) is 4.09. The van der Waals surface area contributed by atoms with Gasteiger partial charge in [-0.2, -0.15) is 0 Å². The quantitative estimate of drug-likeness (QED) is 0.942. The van der Waals surface area contributed by atoms with Gasteiger partial charge in [-0.25, -0.2) is 4.39 Å². The molecule has 0 saturated carbocycles. The number of aryl methyl sites for hydroxylation is 1. The summed E-state index contributed by atoms with van der Waals surface area (Å²) in [5.74, 6) is -0.231. The van der Waals surface area contributed by atoms with Gasteiger partial charge >= 0.3 is 0 Å². The lowest BCUT2D eigenvalue weighted by Gasteiger charge is -2.13. The number of hydrogen-bond donors (Lipinski definition) is 1. The zero-order valence-corrected chi connectivity index (χ0v) is 11.6. The maximum absolute atomic E-state index is 13.7. The molecule has 18 heavy (non-hydrogen) atoms. The smallest absolute Gasteiger partial charge is 0.127 e. The number of nitrogens with two attached hydrogens (primary N) is 1. The summed E-state index contributed by atoms with van der Waals surface area (Å²) in [6.07, 6.45) is 2.20. The van der Waals surface area contributed by atoms with Crippen molar-refractivity contribution in [3.63, 3.8) is 0 Å². The molecule has 0 radical (unpaired) electrons. The fourth-order valence-electron chi connectivity index (χ4n) is 1.84. The van der Waals surface area contributed by atoms with E-state index in [0.29, 0.717) is 12.0 Å². The van der Waals surface area contributed by atoms with E-state index in [2.05, 4.69) is 20.9 Å². The molecule has 0 aliphatic rings. The van der Waals surface area contributed by atoms with Gasteiger partial charge in [0.05, 0.1) is 0 Å². The van der Waals surface area contributed by atoms with Crippen LogP contribution in [0.15, 0.2) is 41.0 Å². The second-order valence-electron chi connectivity index (χ2n) is 4.28. The summed E-state index contributed by atoms with van der Waals surface area (Å²) in [6, 6.07) is 8.62. The third-order valence-corrected chi connectivity index (χ3v) is 3.30. The van der Waals surface area contributed by atoms with E-state index in [4.69, 9.17) is 5.73 Å². The van der Waals surface area contributed by atoms with E-state index in [1.54, 1.807) is 12.3 Å². The highest BCUT2D eigenvalue weighted by molar-refractivity contribution is 9.10. The van der Waals surface area contributed by atoms with E-state index in [9.17, 15) is 4.39 Å². The molecule has 0 aliphatic heterocycles. The third kappa shape index (κ3) is 3.15. The zero-order valence-electron chi connectivity index (χ0n) is 10.0. The molecule has 2 N–H and O–H groups in total. The summed E-state index contributed by atoms with van der Waals surface area (Å²) < 4.78 is 14.4. The van der Waals surface area contributed by atoms with Gasteiger partial charge in [0.15, 0.2) is 0 Å². The Labute approximate surface area is 114 Å². The first-order valence-corrected chi connectivity index (χ1v) is 6.47. The molecule has 0 fully saturated rings. The van der Waals surface area contributed by atoms with E-state index in [0.717, 1.165) is 15.7 Å². The van der Waals surface area contributed by atoms with Crippen LogP contribution in [0.4, 0.5) is 4.39 Å². The van der Waals surface area contributed by atoms with Gasteiger partial charge in [-0.3, -0.25) is 4.98 Å². The average Bonchev–Trinajstić information content (AvgIpc) is 2.32. The molecular formula is C14H14BrFN2. The molecule has 2 nitrogen and oxygen atoms in total. The van der Waals surface area contributed by atoms with E-state index in [1.165, 1.54) is 6.07 Å². The first-order chi connectivity index (χ1) is 8.56. The van der Waals surface area contributed by atoms with Gasteiger partial charge in [0.25, 0.3) is 0 Å². The lowest BCUT2D eigenvalue weighted by molar-refractivity contribution is 0.592. The summed E-state index contributed by atoms with van der Waals surface area (Å²) >= 11 is 3.24. The molecule has 1 aromatic heterocycles. The van der Waals surface area contributed by atoms with Crippen molar-refractivity contribution in [1.82, 2.24) is 4.98 Å². The number of hydrogen-bond acceptors (Lipinski definition) is 2. The van der Waals surface area contributed by atoms with Crippen LogP contribution in [-0.4, -0.2) is 4.98 Å². The van der Waals surface area contributed by atoms with Crippen LogP contribution in [0.25, 0.3) is 0 Å². The minimum Gasteiger partial charge on any atom is -0.324 e. The molecule has 1 unspecified atom stereocenters. The van der Waals surface area contributed by atoms with Crippen molar-refractivity contribution in [2.24, 2.45) is 5.73 Å². The van der Waals surface area contributed by atoms with Crippen molar-refractivity contribution in [3.05, 3.63) is 63.6 Å². The Morgan fingerprint density at radius 2 is 2.11 bits per heavy atom. The molecule has 2 rings (SSSR count). The van der Waals surface area contributed by atoms with E-state index < -0.39 is 0 Å². The molecule has 4 heteroatoms. The van der Waals surface area contributed by atoms with E-state index in [-0.39, 0.29) is 11.9 Å². The number of rotatable bonds is 3. The van der Waals surface area contributed by atoms with Gasteiger partial charge in [0, 0.05) is 22.4 Å². The van der Waals surface area contributed by atoms with Gasteiger partial charge < -0.3 is 5.73 Å². The molecule has 0 saturated heterocycles. The van der Waals surface area contributed by atoms with Crippen molar-refractivity contribution in [2.45, 2.75) is 19.4 Å². The van der Waals surface area contributed by atoms with Crippen molar-refractivity contribution in [1.29, 1.82) is 0 Å². The normalized spacial score (nSPS) is 12.4. The van der Waals surface area contributed by atoms with Crippen LogP contribution in [-0.2, 0) is 6.42 Å². The minimum absolute atomic E-state index is 0.220. The summed E-state index contributed by atoms with van der Waals surface area (Å²) in [5.41, 5.74) is 8.61. The van der Waals surface area contributed by atoms with Gasteiger partial charge in [-0.05, 0) is 48.7 Å². The molecule has 1 atom stereocenters. The van der Waals surface area contributed by atoms with Crippen molar-refractivity contribution in [2.75, 3.05) is 0 Å². The predicted octanol–water partition coefficient (Wildman–Crippen LogP) is 3.53. The molecule has 1 heterocycles. The van der Waals surface area contributed by atoms with E-state index in [1.807, 2.05) is 25.1 Å². The topological polar surface area (TPSA) is 38.9 Å². The fraction of sp³-hybridized carbons (Fsp3) is 0.214. The van der Waals surface area contributed by atoms with E-state index >= 15 is 0 Å². The number of benzene rings is 1. The van der Waals surface area contributed by atoms with Crippen molar-refractivity contribution in [3.8, 4) is 0 Å². The lowest BCUT2D eigenvalue weighted by atomic mass is 10.00. The Morgan fingerprint density at radius 1 is 1.33 bits per heavy atom. The lowest BCUT2D eigenvalue weighted by Crippen LogP contribution is -2.14. The molecular weight excluding hydrogens is 295 g/mol. The second-order valence-corrected chi connectivity index (χ2v) is 5.19. The summed E-state index contributed by atoms with van der Waals surface area (Å²) in [4.78, 5) is 4.12. The number of halogens is 2. The van der Waals surface area contributed by atoms with Crippen LogP contribution < -0.4 is 5.73 Å². The van der Waals surface area contributed by atoms with Gasteiger partial charge in [-0.15, -0.1) is 0 Å². The maximum Gasteiger partial charge on any atom is 0.127 e. The van der Waals surface area contributed by atoms with Crippen molar-refractivity contribution < 1.29 is 4.39 Å². The van der Waals surface area contributed by atoms with Crippen LogP contribution in [0.5, 0.6) is 0 Å². The van der Waals surface area contributed by atoms with Crippen molar-refractivity contribution >= 4 is 15.9 Å². The Hall–Kier alpha value is -1.26. The Balaban J connectivity index is 2.18. The van der Waals surface area contributed by atoms with Crippen LogP contribution in [0.3, 0.4) is 0 Å². The Bertz CT molecular complexity index is 557. The molecule has 2 aromatic rings. The predicted molar refractivity (Wildman–Crippen MR) is 73.7 cm³/mol. The average molecular weight is 309 g/mol. The number of nitrogens with zero attached hydrogens (tertiary/aromatic N) is 1. The second kappa shape index (κ2) is 5.59. The molecule has 0 aliphatic carbocycles. The minimum atomic E-state index is -0.231. The largest absolute Gasteiger partial charge is 0.324 e. The standard InChI is InChI=1S/C14H14BrFN2/c1-9-6-11(4-5-18-9)14(17)7-10-2-3-12(15)8-13(10)16/h2-6,8,14H,7,17H2,1H3. The van der Waals surface area contributed by atoms with Crippen LogP contribution in [0, 0.1) is 12.7 Å². The highest BCUT2D eigenvalue weighted by Gasteiger charge is 2.11. The molecule has 0 bridgehead atoms.